The molecule has 2 heterocycles. The summed E-state index contributed by atoms with van der Waals surface area (Å²) in [6.45, 7) is 2.72. The van der Waals surface area contributed by atoms with Crippen LogP contribution in [-0.4, -0.2) is 33.4 Å². The van der Waals surface area contributed by atoms with Crippen molar-refractivity contribution in [1.29, 1.82) is 0 Å². The largest absolute Gasteiger partial charge is 0.497 e. The second kappa shape index (κ2) is 7.86. The van der Waals surface area contributed by atoms with E-state index in [1.807, 2.05) is 37.3 Å². The quantitative estimate of drug-likeness (QED) is 0.524. The molecule has 7 heteroatoms. The lowest BCUT2D eigenvalue weighted by atomic mass is 10.1. The Morgan fingerprint density at radius 2 is 1.93 bits per heavy atom. The highest BCUT2D eigenvalue weighted by atomic mass is 35.5. The van der Waals surface area contributed by atoms with Gasteiger partial charge in [-0.3, -0.25) is 0 Å². The van der Waals surface area contributed by atoms with E-state index in [0.717, 1.165) is 46.8 Å². The summed E-state index contributed by atoms with van der Waals surface area (Å²) < 4.78 is 6.97. The minimum absolute atomic E-state index is 0.702. The number of aryl methyl sites for hydroxylation is 1. The molecular weight excluding hydrogens is 374 g/mol. The number of rotatable bonds is 6. The van der Waals surface area contributed by atoms with Gasteiger partial charge in [0.05, 0.1) is 24.4 Å². The number of methoxy groups -OCH3 is 1. The van der Waals surface area contributed by atoms with Crippen LogP contribution in [0.15, 0.2) is 55.0 Å². The molecule has 0 unspecified atom stereocenters. The zero-order valence-electron chi connectivity index (χ0n) is 15.7. The van der Waals surface area contributed by atoms with Gasteiger partial charge in [0.2, 0.25) is 0 Å². The van der Waals surface area contributed by atoms with Crippen LogP contribution in [0.1, 0.15) is 11.1 Å². The Kier molecular flexibility index (Phi) is 5.12. The Morgan fingerprint density at radius 3 is 2.68 bits per heavy atom. The first kappa shape index (κ1) is 18.3. The second-order valence-electron chi connectivity index (χ2n) is 6.47. The number of aromatic nitrogens is 4. The highest BCUT2D eigenvalue weighted by Gasteiger charge is 2.11. The Morgan fingerprint density at radius 1 is 1.11 bits per heavy atom. The molecule has 0 bridgehead atoms. The summed E-state index contributed by atoms with van der Waals surface area (Å²) in [4.78, 5) is 8.79. The van der Waals surface area contributed by atoms with Crippen molar-refractivity contribution in [2.24, 2.45) is 0 Å². The third-order valence-corrected chi connectivity index (χ3v) is 5.04. The molecule has 4 aromatic rings. The average Bonchev–Trinajstić information content (AvgIpc) is 3.16. The second-order valence-corrected chi connectivity index (χ2v) is 6.88. The molecule has 0 amide bonds. The molecule has 2 aromatic carbocycles. The van der Waals surface area contributed by atoms with Gasteiger partial charge in [0.1, 0.15) is 17.9 Å². The molecule has 0 saturated heterocycles. The molecule has 6 nitrogen and oxygen atoms in total. The summed E-state index contributed by atoms with van der Waals surface area (Å²) >= 11 is 6.26. The number of nitrogens with zero attached hydrogens (tertiary/aromatic N) is 4. The van der Waals surface area contributed by atoms with E-state index >= 15 is 0 Å². The number of hydrogen-bond donors (Lipinski definition) is 1. The van der Waals surface area contributed by atoms with Gasteiger partial charge in [-0.2, -0.15) is 5.10 Å². The molecule has 0 radical (unpaired) electrons. The Hall–Kier alpha value is -3.12. The smallest absolute Gasteiger partial charge is 0.168 e. The number of halogens is 1. The van der Waals surface area contributed by atoms with E-state index in [9.17, 15) is 0 Å². The highest BCUT2D eigenvalue weighted by Crippen LogP contribution is 2.24. The molecule has 1 N–H and O–H groups in total. The normalized spacial score (nSPS) is 11.0. The minimum atomic E-state index is 0.702. The van der Waals surface area contributed by atoms with E-state index in [1.54, 1.807) is 24.3 Å². The monoisotopic (exact) mass is 393 g/mol. The lowest BCUT2D eigenvalue weighted by Gasteiger charge is -2.08. The predicted octanol–water partition coefficient (Wildman–Crippen LogP) is 4.44. The van der Waals surface area contributed by atoms with E-state index in [1.165, 1.54) is 5.56 Å². The molecule has 0 fully saturated rings. The van der Waals surface area contributed by atoms with E-state index in [2.05, 4.69) is 32.5 Å². The van der Waals surface area contributed by atoms with Gasteiger partial charge in [-0.1, -0.05) is 29.8 Å². The van der Waals surface area contributed by atoms with Crippen LogP contribution >= 0.6 is 11.6 Å². The fourth-order valence-electron chi connectivity index (χ4n) is 3.00. The Balaban J connectivity index is 1.53. The van der Waals surface area contributed by atoms with Gasteiger partial charge in [-0.25, -0.2) is 14.6 Å². The SMILES string of the molecule is COc1ccc(CCNc2ncnc3c2cnn3-c2ccc(C)c(Cl)c2)cc1. The van der Waals surface area contributed by atoms with E-state index in [-0.39, 0.29) is 0 Å². The fourth-order valence-corrected chi connectivity index (χ4v) is 3.18. The van der Waals surface area contributed by atoms with Gasteiger partial charge in [0.25, 0.3) is 0 Å². The van der Waals surface area contributed by atoms with Crippen molar-refractivity contribution in [2.75, 3.05) is 19.0 Å². The number of fused-ring (bicyclic) bond motifs is 1. The molecule has 0 aliphatic heterocycles. The highest BCUT2D eigenvalue weighted by molar-refractivity contribution is 6.31. The lowest BCUT2D eigenvalue weighted by Crippen LogP contribution is -2.07. The maximum Gasteiger partial charge on any atom is 0.168 e. The third-order valence-electron chi connectivity index (χ3n) is 4.63. The van der Waals surface area contributed by atoms with Crippen LogP contribution in [0.4, 0.5) is 5.82 Å². The van der Waals surface area contributed by atoms with Gasteiger partial charge in [0.15, 0.2) is 5.65 Å². The molecule has 0 spiro atoms. The van der Waals surface area contributed by atoms with Crippen LogP contribution in [0.2, 0.25) is 5.02 Å². The van der Waals surface area contributed by atoms with Crippen LogP contribution in [0.5, 0.6) is 5.75 Å². The van der Waals surface area contributed by atoms with Crippen LogP contribution in [0, 0.1) is 6.92 Å². The van der Waals surface area contributed by atoms with Gasteiger partial charge in [0, 0.05) is 11.6 Å². The predicted molar refractivity (Wildman–Crippen MR) is 112 cm³/mol. The van der Waals surface area contributed by atoms with Gasteiger partial charge in [-0.15, -0.1) is 0 Å². The molecule has 142 valence electrons. The molecule has 0 aliphatic carbocycles. The van der Waals surface area contributed by atoms with E-state index in [0.29, 0.717) is 5.02 Å². The van der Waals surface area contributed by atoms with Crippen LogP contribution in [0.25, 0.3) is 16.7 Å². The summed E-state index contributed by atoms with van der Waals surface area (Å²) in [6, 6.07) is 13.9. The van der Waals surface area contributed by atoms with E-state index in [4.69, 9.17) is 16.3 Å². The average molecular weight is 394 g/mol. The van der Waals surface area contributed by atoms with Crippen LogP contribution in [0.3, 0.4) is 0 Å². The maximum absolute atomic E-state index is 6.26. The molecule has 0 atom stereocenters. The molecule has 0 aliphatic rings. The first-order chi connectivity index (χ1) is 13.7. The first-order valence-corrected chi connectivity index (χ1v) is 9.35. The standard InChI is InChI=1S/C21H20ClN5O/c1-14-3-6-16(11-19(14)22)27-21-18(12-26-27)20(24-13-25-21)23-10-9-15-4-7-17(28-2)8-5-15/h3-8,11-13H,9-10H2,1-2H3,(H,23,24,25). The van der Waals surface area contributed by atoms with Crippen molar-refractivity contribution in [3.63, 3.8) is 0 Å². The molecular formula is C21H20ClN5O. The van der Waals surface area contributed by atoms with Crippen molar-refractivity contribution in [1.82, 2.24) is 19.7 Å². The minimum Gasteiger partial charge on any atom is -0.497 e. The van der Waals surface area contributed by atoms with Crippen molar-refractivity contribution < 1.29 is 4.74 Å². The summed E-state index contributed by atoms with van der Waals surface area (Å²) in [5.74, 6) is 1.63. The summed E-state index contributed by atoms with van der Waals surface area (Å²) in [5, 5.41) is 9.44. The van der Waals surface area contributed by atoms with Crippen LogP contribution in [-0.2, 0) is 6.42 Å². The number of hydrogen-bond acceptors (Lipinski definition) is 5. The van der Waals surface area contributed by atoms with Crippen molar-refractivity contribution >= 4 is 28.5 Å². The molecule has 28 heavy (non-hydrogen) atoms. The van der Waals surface area contributed by atoms with Gasteiger partial charge in [-0.05, 0) is 48.7 Å². The molecule has 4 rings (SSSR count). The van der Waals surface area contributed by atoms with Crippen LogP contribution < -0.4 is 10.1 Å². The number of ether oxygens (including phenoxy) is 1. The summed E-state index contributed by atoms with van der Waals surface area (Å²) in [5.41, 5.74) is 3.86. The Bertz CT molecular complexity index is 1110. The van der Waals surface area contributed by atoms with E-state index < -0.39 is 0 Å². The molecule has 0 saturated carbocycles. The van der Waals surface area contributed by atoms with Crippen molar-refractivity contribution in [3.8, 4) is 11.4 Å². The molecule has 2 aromatic heterocycles. The number of nitrogens with one attached hydrogen (secondary N) is 1. The fraction of sp³-hybridized carbons (Fsp3) is 0.190. The zero-order chi connectivity index (χ0) is 19.5. The van der Waals surface area contributed by atoms with Gasteiger partial charge >= 0.3 is 0 Å². The number of benzene rings is 2. The lowest BCUT2D eigenvalue weighted by molar-refractivity contribution is 0.414. The topological polar surface area (TPSA) is 64.9 Å². The first-order valence-electron chi connectivity index (χ1n) is 8.98. The van der Waals surface area contributed by atoms with Crippen molar-refractivity contribution in [2.45, 2.75) is 13.3 Å². The number of anilines is 1. The maximum atomic E-state index is 6.26. The van der Waals surface area contributed by atoms with Crippen molar-refractivity contribution in [3.05, 3.63) is 71.1 Å². The zero-order valence-corrected chi connectivity index (χ0v) is 16.4. The van der Waals surface area contributed by atoms with Gasteiger partial charge < -0.3 is 10.1 Å². The summed E-state index contributed by atoms with van der Waals surface area (Å²) in [6.07, 6.45) is 4.20. The summed E-state index contributed by atoms with van der Waals surface area (Å²) in [7, 11) is 1.67. The Labute approximate surface area is 168 Å². The third kappa shape index (κ3) is 3.64.